The maximum absolute atomic E-state index is 13.7. The summed E-state index contributed by atoms with van der Waals surface area (Å²) < 4.78 is 19.3. The number of thioether (sulfide) groups is 1. The molecule has 104 valence electrons. The molecule has 0 aromatic heterocycles. The van der Waals surface area contributed by atoms with Gasteiger partial charge in [-0.05, 0) is 35.7 Å². The molecule has 0 fully saturated rings. The van der Waals surface area contributed by atoms with Gasteiger partial charge in [0.05, 0.1) is 6.61 Å². The molecule has 0 saturated heterocycles. The minimum Gasteiger partial charge on any atom is -0.489 e. The largest absolute Gasteiger partial charge is 0.489 e. The molecule has 0 amide bonds. The Kier molecular flexibility index (Phi) is 3.94. The second-order valence-corrected chi connectivity index (χ2v) is 6.13. The lowest BCUT2D eigenvalue weighted by Crippen LogP contribution is -2.14. The Labute approximate surface area is 121 Å². The first kappa shape index (κ1) is 13.5. The Hall–Kier alpha value is -1.52. The highest BCUT2D eigenvalue weighted by Gasteiger charge is 2.22. The zero-order chi connectivity index (χ0) is 13.9. The van der Waals surface area contributed by atoms with Gasteiger partial charge in [-0.3, -0.25) is 0 Å². The fourth-order valence-electron chi connectivity index (χ4n) is 2.29. The lowest BCUT2D eigenvalue weighted by molar-refractivity contribution is 0.278. The van der Waals surface area contributed by atoms with Crippen molar-refractivity contribution < 1.29 is 14.2 Å². The molecule has 3 rings (SSSR count). The molecule has 0 aliphatic carbocycles. The quantitative estimate of drug-likeness (QED) is 0.935. The second kappa shape index (κ2) is 5.85. The lowest BCUT2D eigenvalue weighted by Gasteiger charge is -2.12. The SMILES string of the molecule is OCc1ccc(OCC2Cc3ccccc3S2)c(F)c1. The van der Waals surface area contributed by atoms with E-state index in [4.69, 9.17) is 9.84 Å². The minimum absolute atomic E-state index is 0.162. The third kappa shape index (κ3) is 2.81. The van der Waals surface area contributed by atoms with Crippen LogP contribution in [0, 0.1) is 5.82 Å². The van der Waals surface area contributed by atoms with Crippen LogP contribution in [-0.4, -0.2) is 17.0 Å². The number of aliphatic hydroxyl groups is 1. The van der Waals surface area contributed by atoms with Crippen molar-refractivity contribution in [1.29, 1.82) is 0 Å². The Morgan fingerprint density at radius 2 is 2.10 bits per heavy atom. The highest BCUT2D eigenvalue weighted by molar-refractivity contribution is 8.00. The molecule has 1 heterocycles. The number of halogens is 1. The van der Waals surface area contributed by atoms with Crippen LogP contribution < -0.4 is 4.74 Å². The fraction of sp³-hybridized carbons (Fsp3) is 0.250. The number of aliphatic hydroxyl groups excluding tert-OH is 1. The summed E-state index contributed by atoms with van der Waals surface area (Å²) in [6.07, 6.45) is 0.956. The van der Waals surface area contributed by atoms with Gasteiger partial charge in [0.15, 0.2) is 11.6 Å². The summed E-state index contributed by atoms with van der Waals surface area (Å²) in [4.78, 5) is 1.29. The van der Waals surface area contributed by atoms with Crippen molar-refractivity contribution in [2.45, 2.75) is 23.2 Å². The Morgan fingerprint density at radius 3 is 2.85 bits per heavy atom. The van der Waals surface area contributed by atoms with Crippen molar-refractivity contribution in [2.75, 3.05) is 6.61 Å². The molecule has 2 aromatic carbocycles. The van der Waals surface area contributed by atoms with E-state index in [1.54, 1.807) is 23.9 Å². The zero-order valence-electron chi connectivity index (χ0n) is 10.9. The first-order valence-electron chi connectivity index (χ1n) is 6.53. The van der Waals surface area contributed by atoms with Crippen molar-refractivity contribution in [3.63, 3.8) is 0 Å². The van der Waals surface area contributed by atoms with Gasteiger partial charge >= 0.3 is 0 Å². The first-order chi connectivity index (χ1) is 9.76. The smallest absolute Gasteiger partial charge is 0.165 e. The molecular weight excluding hydrogens is 275 g/mol. The molecule has 20 heavy (non-hydrogen) atoms. The van der Waals surface area contributed by atoms with Crippen LogP contribution in [0.4, 0.5) is 4.39 Å². The number of hydrogen-bond acceptors (Lipinski definition) is 3. The van der Waals surface area contributed by atoms with Crippen LogP contribution in [-0.2, 0) is 13.0 Å². The summed E-state index contributed by atoms with van der Waals surface area (Å²) >= 11 is 1.78. The van der Waals surface area contributed by atoms with Gasteiger partial charge < -0.3 is 9.84 Å². The Balaban J connectivity index is 1.61. The molecule has 1 aliphatic heterocycles. The zero-order valence-corrected chi connectivity index (χ0v) is 11.7. The molecule has 0 saturated carbocycles. The summed E-state index contributed by atoms with van der Waals surface area (Å²) in [5.41, 5.74) is 1.89. The highest BCUT2D eigenvalue weighted by Crippen LogP contribution is 2.37. The van der Waals surface area contributed by atoms with E-state index in [2.05, 4.69) is 12.1 Å². The van der Waals surface area contributed by atoms with E-state index in [0.29, 0.717) is 17.4 Å². The van der Waals surface area contributed by atoms with Gasteiger partial charge in [0.2, 0.25) is 0 Å². The van der Waals surface area contributed by atoms with E-state index >= 15 is 0 Å². The van der Waals surface area contributed by atoms with E-state index in [-0.39, 0.29) is 12.4 Å². The van der Waals surface area contributed by atoms with Crippen molar-refractivity contribution in [2.24, 2.45) is 0 Å². The van der Waals surface area contributed by atoms with Gasteiger partial charge in [-0.25, -0.2) is 4.39 Å². The predicted octanol–water partition coefficient (Wildman–Crippen LogP) is 3.41. The van der Waals surface area contributed by atoms with Crippen molar-refractivity contribution in [1.82, 2.24) is 0 Å². The number of benzene rings is 2. The molecule has 2 aromatic rings. The van der Waals surface area contributed by atoms with E-state index in [1.165, 1.54) is 16.5 Å². The van der Waals surface area contributed by atoms with Crippen molar-refractivity contribution >= 4 is 11.8 Å². The van der Waals surface area contributed by atoms with Gasteiger partial charge in [-0.1, -0.05) is 24.3 Å². The molecule has 0 bridgehead atoms. The third-order valence-corrected chi connectivity index (χ3v) is 4.61. The summed E-state index contributed by atoms with van der Waals surface area (Å²) in [5, 5.41) is 9.27. The van der Waals surface area contributed by atoms with Crippen LogP contribution in [0.3, 0.4) is 0 Å². The topological polar surface area (TPSA) is 29.5 Å². The molecule has 0 radical (unpaired) electrons. The van der Waals surface area contributed by atoms with Crippen LogP contribution in [0.1, 0.15) is 11.1 Å². The molecule has 2 nitrogen and oxygen atoms in total. The number of hydrogen-bond donors (Lipinski definition) is 1. The number of rotatable bonds is 4. The molecule has 0 spiro atoms. The monoisotopic (exact) mass is 290 g/mol. The molecule has 1 N–H and O–H groups in total. The van der Waals surface area contributed by atoms with Crippen LogP contribution in [0.25, 0.3) is 0 Å². The van der Waals surface area contributed by atoms with Gasteiger partial charge in [-0.2, -0.15) is 0 Å². The van der Waals surface area contributed by atoms with E-state index in [9.17, 15) is 4.39 Å². The number of fused-ring (bicyclic) bond motifs is 1. The maximum Gasteiger partial charge on any atom is 0.165 e. The first-order valence-corrected chi connectivity index (χ1v) is 7.41. The average Bonchev–Trinajstić information content (AvgIpc) is 2.88. The second-order valence-electron chi connectivity index (χ2n) is 4.79. The predicted molar refractivity (Wildman–Crippen MR) is 77.6 cm³/mol. The average molecular weight is 290 g/mol. The van der Waals surface area contributed by atoms with Crippen LogP contribution >= 0.6 is 11.8 Å². The van der Waals surface area contributed by atoms with E-state index < -0.39 is 5.82 Å². The van der Waals surface area contributed by atoms with Gasteiger partial charge in [-0.15, -0.1) is 11.8 Å². The third-order valence-electron chi connectivity index (χ3n) is 3.32. The van der Waals surface area contributed by atoms with E-state index in [1.807, 2.05) is 12.1 Å². The van der Waals surface area contributed by atoms with Gasteiger partial charge in [0.1, 0.15) is 6.61 Å². The van der Waals surface area contributed by atoms with Crippen LogP contribution in [0.5, 0.6) is 5.75 Å². The minimum atomic E-state index is -0.419. The van der Waals surface area contributed by atoms with Crippen LogP contribution in [0.2, 0.25) is 0 Å². The van der Waals surface area contributed by atoms with Crippen molar-refractivity contribution in [3.05, 3.63) is 59.4 Å². The highest BCUT2D eigenvalue weighted by atomic mass is 32.2. The van der Waals surface area contributed by atoms with Gasteiger partial charge in [0.25, 0.3) is 0 Å². The molecule has 1 aliphatic rings. The fourth-order valence-corrected chi connectivity index (χ4v) is 3.51. The van der Waals surface area contributed by atoms with E-state index in [0.717, 1.165) is 6.42 Å². The molecule has 1 atom stereocenters. The summed E-state index contributed by atoms with van der Waals surface area (Å²) in [6.45, 7) is 0.319. The normalized spacial score (nSPS) is 17.0. The molecule has 4 heteroatoms. The standard InChI is InChI=1S/C16H15FO2S/c17-14-7-11(9-18)5-6-15(14)19-10-13-8-12-3-1-2-4-16(12)20-13/h1-7,13,18H,8-10H2. The Bertz CT molecular complexity index is 590. The number of ether oxygens (including phenoxy) is 1. The lowest BCUT2D eigenvalue weighted by atomic mass is 10.1. The van der Waals surface area contributed by atoms with Crippen molar-refractivity contribution in [3.8, 4) is 5.75 Å². The Morgan fingerprint density at radius 1 is 1.25 bits per heavy atom. The summed E-state index contributed by atoms with van der Waals surface area (Å²) in [7, 11) is 0. The maximum atomic E-state index is 13.7. The summed E-state index contributed by atoms with van der Waals surface area (Å²) in [6, 6.07) is 12.9. The molecular formula is C16H15FO2S. The molecule has 1 unspecified atom stereocenters. The summed E-state index contributed by atoms with van der Waals surface area (Å²) in [5.74, 6) is -0.171. The van der Waals surface area contributed by atoms with Gasteiger partial charge in [0, 0.05) is 10.1 Å². The van der Waals surface area contributed by atoms with Crippen LogP contribution in [0.15, 0.2) is 47.4 Å².